The first-order valence-electron chi connectivity index (χ1n) is 5.18. The van der Waals surface area contributed by atoms with Crippen molar-refractivity contribution in [2.75, 3.05) is 5.33 Å². The smallest absolute Gasteiger partial charge is 0.220 e. The van der Waals surface area contributed by atoms with Gasteiger partial charge in [0.05, 0.1) is 0 Å². The van der Waals surface area contributed by atoms with Gasteiger partial charge in [0.15, 0.2) is 0 Å². The molecule has 0 atom stereocenters. The van der Waals surface area contributed by atoms with E-state index in [9.17, 15) is 4.79 Å². The summed E-state index contributed by atoms with van der Waals surface area (Å²) in [5.74, 6) is 0.228. The summed E-state index contributed by atoms with van der Waals surface area (Å²) in [4.78, 5) is 11.3. The maximum absolute atomic E-state index is 11.3. The van der Waals surface area contributed by atoms with Gasteiger partial charge in [0.1, 0.15) is 0 Å². The second kappa shape index (κ2) is 6.41. The number of halogens is 1. The van der Waals surface area contributed by atoms with Crippen LogP contribution in [-0.2, 0) is 4.79 Å². The molecule has 76 valence electrons. The first-order valence-corrected chi connectivity index (χ1v) is 6.30. The van der Waals surface area contributed by atoms with Crippen molar-refractivity contribution >= 4 is 21.8 Å². The molecule has 0 heterocycles. The molecule has 1 rings (SSSR count). The highest BCUT2D eigenvalue weighted by Gasteiger charge is 2.14. The number of hydrogen-bond acceptors (Lipinski definition) is 1. The van der Waals surface area contributed by atoms with Gasteiger partial charge >= 0.3 is 0 Å². The Hall–Kier alpha value is -0.0500. The number of carbonyl (C=O) groups excluding carboxylic acids is 1. The second-order valence-corrected chi connectivity index (χ2v) is 4.49. The van der Waals surface area contributed by atoms with E-state index in [0.717, 1.165) is 11.8 Å². The minimum absolute atomic E-state index is 0.228. The van der Waals surface area contributed by atoms with Gasteiger partial charge in [0.2, 0.25) is 5.91 Å². The predicted octanol–water partition coefficient (Wildman–Crippen LogP) is 2.61. The van der Waals surface area contributed by atoms with E-state index in [1.807, 2.05) is 0 Å². The van der Waals surface area contributed by atoms with Crippen molar-refractivity contribution in [1.82, 2.24) is 5.32 Å². The molecule has 0 saturated heterocycles. The van der Waals surface area contributed by atoms with E-state index in [1.54, 1.807) is 0 Å². The Bertz CT molecular complexity index is 155. The molecule has 0 aliphatic heterocycles. The molecule has 0 spiro atoms. The molecule has 0 aromatic rings. The molecule has 1 fully saturated rings. The summed E-state index contributed by atoms with van der Waals surface area (Å²) in [7, 11) is 0. The number of carbonyl (C=O) groups is 1. The molecular formula is C10H18BrNO. The summed E-state index contributed by atoms with van der Waals surface area (Å²) in [5, 5.41) is 4.02. The molecule has 0 aromatic heterocycles. The quantitative estimate of drug-likeness (QED) is 0.761. The Morgan fingerprint density at radius 3 is 2.62 bits per heavy atom. The molecule has 0 radical (unpaired) electrons. The third kappa shape index (κ3) is 4.65. The van der Waals surface area contributed by atoms with E-state index in [-0.39, 0.29) is 5.91 Å². The van der Waals surface area contributed by atoms with Crippen molar-refractivity contribution in [3.8, 4) is 0 Å². The normalized spacial score (nSPS) is 18.5. The van der Waals surface area contributed by atoms with E-state index >= 15 is 0 Å². The fourth-order valence-electron chi connectivity index (χ4n) is 1.77. The van der Waals surface area contributed by atoms with Crippen LogP contribution in [0.3, 0.4) is 0 Å². The highest BCUT2D eigenvalue weighted by Crippen LogP contribution is 2.17. The zero-order valence-corrected chi connectivity index (χ0v) is 9.61. The van der Waals surface area contributed by atoms with Gasteiger partial charge < -0.3 is 5.32 Å². The summed E-state index contributed by atoms with van der Waals surface area (Å²) in [5.41, 5.74) is 0. The molecule has 0 unspecified atom stereocenters. The molecule has 0 bridgehead atoms. The van der Waals surface area contributed by atoms with Crippen molar-refractivity contribution < 1.29 is 4.79 Å². The lowest BCUT2D eigenvalue weighted by atomic mass is 9.95. The number of hydrogen-bond donors (Lipinski definition) is 1. The Labute approximate surface area is 88.6 Å². The molecule has 13 heavy (non-hydrogen) atoms. The van der Waals surface area contributed by atoms with Crippen LogP contribution in [0.2, 0.25) is 0 Å². The molecule has 1 N–H and O–H groups in total. The fourth-order valence-corrected chi connectivity index (χ4v) is 2.05. The van der Waals surface area contributed by atoms with Crippen molar-refractivity contribution in [1.29, 1.82) is 0 Å². The van der Waals surface area contributed by atoms with Gasteiger partial charge in [-0.05, 0) is 19.3 Å². The maximum Gasteiger partial charge on any atom is 0.220 e. The number of rotatable bonds is 4. The Morgan fingerprint density at radius 2 is 2.00 bits per heavy atom. The lowest BCUT2D eigenvalue weighted by Gasteiger charge is -2.22. The summed E-state index contributed by atoms with van der Waals surface area (Å²) >= 11 is 3.32. The summed E-state index contributed by atoms with van der Waals surface area (Å²) in [6.07, 6.45) is 7.88. The van der Waals surface area contributed by atoms with Crippen LogP contribution in [0.1, 0.15) is 44.9 Å². The summed E-state index contributed by atoms with van der Waals surface area (Å²) in [6, 6.07) is 0.469. The molecule has 1 amide bonds. The third-order valence-corrected chi connectivity index (χ3v) is 3.07. The maximum atomic E-state index is 11.3. The Balaban J connectivity index is 2.11. The fraction of sp³-hybridized carbons (Fsp3) is 0.900. The average Bonchev–Trinajstić information content (AvgIpc) is 2.16. The molecule has 2 nitrogen and oxygen atoms in total. The summed E-state index contributed by atoms with van der Waals surface area (Å²) in [6.45, 7) is 0. The van der Waals surface area contributed by atoms with Crippen LogP contribution < -0.4 is 5.32 Å². The van der Waals surface area contributed by atoms with Gasteiger partial charge in [0, 0.05) is 17.8 Å². The lowest BCUT2D eigenvalue weighted by Crippen LogP contribution is -2.35. The average molecular weight is 248 g/mol. The highest BCUT2D eigenvalue weighted by atomic mass is 79.9. The highest BCUT2D eigenvalue weighted by molar-refractivity contribution is 9.09. The Morgan fingerprint density at radius 1 is 1.31 bits per heavy atom. The van der Waals surface area contributed by atoms with Crippen LogP contribution in [0.25, 0.3) is 0 Å². The lowest BCUT2D eigenvalue weighted by molar-refractivity contribution is -0.122. The van der Waals surface area contributed by atoms with Crippen molar-refractivity contribution in [2.45, 2.75) is 51.0 Å². The van der Waals surface area contributed by atoms with Gasteiger partial charge in [-0.1, -0.05) is 35.2 Å². The molecule has 1 aliphatic carbocycles. The number of alkyl halides is 1. The largest absolute Gasteiger partial charge is 0.353 e. The predicted molar refractivity (Wildman–Crippen MR) is 58.0 cm³/mol. The first-order chi connectivity index (χ1) is 6.33. The molecule has 0 aromatic carbocycles. The first kappa shape index (κ1) is 11.0. The van der Waals surface area contributed by atoms with Crippen LogP contribution in [0.15, 0.2) is 0 Å². The SMILES string of the molecule is O=C(CCCBr)NC1CCCCC1. The van der Waals surface area contributed by atoms with Crippen LogP contribution in [0.4, 0.5) is 0 Å². The van der Waals surface area contributed by atoms with Crippen molar-refractivity contribution in [3.05, 3.63) is 0 Å². The standard InChI is InChI=1S/C10H18BrNO/c11-8-4-7-10(13)12-9-5-2-1-3-6-9/h9H,1-8H2,(H,12,13). The van der Waals surface area contributed by atoms with E-state index < -0.39 is 0 Å². The second-order valence-electron chi connectivity index (χ2n) is 3.69. The molecular weight excluding hydrogens is 230 g/mol. The van der Waals surface area contributed by atoms with Crippen LogP contribution in [0, 0.1) is 0 Å². The van der Waals surface area contributed by atoms with Crippen molar-refractivity contribution in [2.24, 2.45) is 0 Å². The van der Waals surface area contributed by atoms with Crippen LogP contribution in [0.5, 0.6) is 0 Å². The van der Waals surface area contributed by atoms with Gasteiger partial charge in [-0.25, -0.2) is 0 Å². The van der Waals surface area contributed by atoms with E-state index in [2.05, 4.69) is 21.2 Å². The van der Waals surface area contributed by atoms with E-state index in [0.29, 0.717) is 12.5 Å². The monoisotopic (exact) mass is 247 g/mol. The van der Waals surface area contributed by atoms with Crippen LogP contribution in [-0.4, -0.2) is 17.3 Å². The van der Waals surface area contributed by atoms with Gasteiger partial charge in [-0.3, -0.25) is 4.79 Å². The van der Waals surface area contributed by atoms with E-state index in [1.165, 1.54) is 32.1 Å². The molecule has 3 heteroatoms. The number of nitrogens with one attached hydrogen (secondary N) is 1. The minimum atomic E-state index is 0.228. The van der Waals surface area contributed by atoms with Crippen molar-refractivity contribution in [3.63, 3.8) is 0 Å². The molecule has 1 aliphatic rings. The van der Waals surface area contributed by atoms with Crippen LogP contribution >= 0.6 is 15.9 Å². The van der Waals surface area contributed by atoms with Gasteiger partial charge in [0.25, 0.3) is 0 Å². The summed E-state index contributed by atoms with van der Waals surface area (Å²) < 4.78 is 0. The van der Waals surface area contributed by atoms with Gasteiger partial charge in [-0.15, -0.1) is 0 Å². The third-order valence-electron chi connectivity index (χ3n) is 2.51. The Kier molecular flexibility index (Phi) is 5.44. The topological polar surface area (TPSA) is 29.1 Å². The number of amides is 1. The van der Waals surface area contributed by atoms with E-state index in [4.69, 9.17) is 0 Å². The van der Waals surface area contributed by atoms with Gasteiger partial charge in [-0.2, -0.15) is 0 Å². The zero-order chi connectivity index (χ0) is 9.52. The zero-order valence-electron chi connectivity index (χ0n) is 8.02. The molecule has 1 saturated carbocycles. The minimum Gasteiger partial charge on any atom is -0.353 e.